The Labute approximate surface area is 176 Å². The van der Waals surface area contributed by atoms with Crippen LogP contribution in [0.3, 0.4) is 0 Å². The van der Waals surface area contributed by atoms with Crippen LogP contribution in [0, 0.1) is 0 Å². The van der Waals surface area contributed by atoms with Crippen LogP contribution in [0.5, 0.6) is 0 Å². The highest BCUT2D eigenvalue weighted by molar-refractivity contribution is 7.98. The molecule has 3 aromatic rings. The number of hydrogen-bond donors (Lipinski definition) is 1. The number of aryl methyl sites for hydroxylation is 1. The average molecular weight is 437 g/mol. The van der Waals surface area contributed by atoms with Crippen molar-refractivity contribution in [1.82, 2.24) is 14.9 Å². The van der Waals surface area contributed by atoms with Crippen LogP contribution in [-0.2, 0) is 24.4 Å². The maximum atomic E-state index is 13.0. The van der Waals surface area contributed by atoms with Gasteiger partial charge in [-0.2, -0.15) is 13.2 Å². The van der Waals surface area contributed by atoms with Gasteiger partial charge in [0.05, 0.1) is 11.3 Å². The molecule has 0 atom stereocenters. The van der Waals surface area contributed by atoms with E-state index in [1.54, 1.807) is 38.2 Å². The van der Waals surface area contributed by atoms with E-state index in [4.69, 9.17) is 4.42 Å². The zero-order valence-corrected chi connectivity index (χ0v) is 17.6. The predicted molar refractivity (Wildman–Crippen MR) is 108 cm³/mol. The molecule has 0 saturated carbocycles. The fourth-order valence-corrected chi connectivity index (χ4v) is 3.64. The Balaban J connectivity index is 1.60. The Morgan fingerprint density at radius 3 is 2.60 bits per heavy atom. The number of alkyl halides is 3. The minimum absolute atomic E-state index is 0.158. The van der Waals surface area contributed by atoms with Crippen LogP contribution in [-0.4, -0.2) is 22.0 Å². The molecule has 1 amide bonds. The van der Waals surface area contributed by atoms with Gasteiger partial charge in [-0.05, 0) is 23.8 Å². The van der Waals surface area contributed by atoms with Crippen molar-refractivity contribution in [3.63, 3.8) is 0 Å². The summed E-state index contributed by atoms with van der Waals surface area (Å²) in [6.45, 7) is 3.71. The minimum atomic E-state index is -4.41. The standard InChI is InChI=1S/C21H22F3N3O2S/c1-20(2,14-5-4-6-15(11-14)21(22,23)24)13-26-18(28)17-8-7-16(29-17)12-30-19-25-9-10-27(19)3/h4-11H,12-13H2,1-3H3,(H,26,28). The van der Waals surface area contributed by atoms with Crippen molar-refractivity contribution in [3.8, 4) is 0 Å². The zero-order valence-electron chi connectivity index (χ0n) is 16.8. The molecule has 0 spiro atoms. The van der Waals surface area contributed by atoms with Crippen molar-refractivity contribution < 1.29 is 22.4 Å². The fraction of sp³-hybridized carbons (Fsp3) is 0.333. The zero-order chi connectivity index (χ0) is 21.9. The number of benzene rings is 1. The monoisotopic (exact) mass is 437 g/mol. The third-order valence-corrected chi connectivity index (χ3v) is 5.75. The van der Waals surface area contributed by atoms with Crippen LogP contribution in [0.25, 0.3) is 0 Å². The van der Waals surface area contributed by atoms with Gasteiger partial charge >= 0.3 is 6.18 Å². The van der Waals surface area contributed by atoms with E-state index in [1.807, 2.05) is 17.8 Å². The number of imidazole rings is 1. The van der Waals surface area contributed by atoms with Gasteiger partial charge in [-0.1, -0.05) is 43.8 Å². The van der Waals surface area contributed by atoms with E-state index < -0.39 is 23.1 Å². The summed E-state index contributed by atoms with van der Waals surface area (Å²) in [6.07, 6.45) is -0.863. The summed E-state index contributed by atoms with van der Waals surface area (Å²) >= 11 is 1.48. The number of nitrogens with one attached hydrogen (secondary N) is 1. The second-order valence-corrected chi connectivity index (χ2v) is 8.46. The van der Waals surface area contributed by atoms with E-state index in [-0.39, 0.29) is 12.3 Å². The molecule has 0 aliphatic carbocycles. The molecule has 0 bridgehead atoms. The van der Waals surface area contributed by atoms with Crippen LogP contribution >= 0.6 is 11.8 Å². The second-order valence-electron chi connectivity index (χ2n) is 7.52. The summed E-state index contributed by atoms with van der Waals surface area (Å²) < 4.78 is 46.4. The highest BCUT2D eigenvalue weighted by atomic mass is 32.2. The van der Waals surface area contributed by atoms with Crippen molar-refractivity contribution in [2.75, 3.05) is 6.54 Å². The highest BCUT2D eigenvalue weighted by Crippen LogP contribution is 2.32. The molecule has 2 heterocycles. The summed E-state index contributed by atoms with van der Waals surface area (Å²) in [6, 6.07) is 8.46. The third kappa shape index (κ3) is 5.27. The van der Waals surface area contributed by atoms with Gasteiger partial charge < -0.3 is 14.3 Å². The predicted octanol–water partition coefficient (Wildman–Crippen LogP) is 5.03. The van der Waals surface area contributed by atoms with Crippen LogP contribution in [0.15, 0.2) is 58.4 Å². The van der Waals surface area contributed by atoms with Crippen molar-refractivity contribution in [1.29, 1.82) is 0 Å². The van der Waals surface area contributed by atoms with Gasteiger partial charge in [0.15, 0.2) is 10.9 Å². The lowest BCUT2D eigenvalue weighted by Gasteiger charge is -2.26. The van der Waals surface area contributed by atoms with Gasteiger partial charge in [0, 0.05) is 31.4 Å². The lowest BCUT2D eigenvalue weighted by atomic mass is 9.83. The molecule has 0 fully saturated rings. The largest absolute Gasteiger partial charge is 0.455 e. The first-order valence-electron chi connectivity index (χ1n) is 9.21. The van der Waals surface area contributed by atoms with Crippen molar-refractivity contribution in [2.24, 2.45) is 7.05 Å². The number of amides is 1. The fourth-order valence-electron chi connectivity index (χ4n) is 2.81. The van der Waals surface area contributed by atoms with Gasteiger partial charge in [-0.15, -0.1) is 0 Å². The van der Waals surface area contributed by atoms with Gasteiger partial charge in [0.1, 0.15) is 5.76 Å². The van der Waals surface area contributed by atoms with Crippen LogP contribution in [0.4, 0.5) is 13.2 Å². The molecule has 0 aliphatic rings. The number of nitrogens with zero attached hydrogens (tertiary/aromatic N) is 2. The molecule has 1 aromatic carbocycles. The number of hydrogen-bond acceptors (Lipinski definition) is 4. The van der Waals surface area contributed by atoms with E-state index >= 15 is 0 Å². The molecule has 0 aliphatic heterocycles. The normalized spacial score (nSPS) is 12.2. The number of rotatable bonds is 7. The summed E-state index contributed by atoms with van der Waals surface area (Å²) in [7, 11) is 1.89. The number of carbonyl (C=O) groups is 1. The first-order valence-corrected chi connectivity index (χ1v) is 10.2. The van der Waals surface area contributed by atoms with Crippen LogP contribution in [0.1, 0.15) is 41.3 Å². The number of furan rings is 1. The smallest absolute Gasteiger partial charge is 0.416 e. The van der Waals surface area contributed by atoms with Gasteiger partial charge in [0.2, 0.25) is 0 Å². The maximum Gasteiger partial charge on any atom is 0.416 e. The van der Waals surface area contributed by atoms with Gasteiger partial charge in [0.25, 0.3) is 5.91 Å². The molecule has 1 N–H and O–H groups in total. The molecule has 3 rings (SSSR count). The number of aromatic nitrogens is 2. The SMILES string of the molecule is Cn1ccnc1SCc1ccc(C(=O)NCC(C)(C)c2cccc(C(F)(F)F)c2)o1. The van der Waals surface area contributed by atoms with E-state index in [0.29, 0.717) is 17.1 Å². The highest BCUT2D eigenvalue weighted by Gasteiger charge is 2.32. The summed E-state index contributed by atoms with van der Waals surface area (Å²) in [5.74, 6) is 0.896. The number of halogens is 3. The van der Waals surface area contributed by atoms with Crippen LogP contribution in [0.2, 0.25) is 0 Å². The first-order chi connectivity index (χ1) is 14.1. The molecule has 9 heteroatoms. The van der Waals surface area contributed by atoms with Crippen molar-refractivity contribution in [2.45, 2.75) is 36.3 Å². The third-order valence-electron chi connectivity index (χ3n) is 4.67. The lowest BCUT2D eigenvalue weighted by molar-refractivity contribution is -0.137. The van der Waals surface area contributed by atoms with E-state index in [9.17, 15) is 18.0 Å². The summed E-state index contributed by atoms with van der Waals surface area (Å²) in [5, 5.41) is 3.58. The Kier molecular flexibility index (Phi) is 6.30. The van der Waals surface area contributed by atoms with E-state index in [1.165, 1.54) is 17.8 Å². The van der Waals surface area contributed by atoms with E-state index in [0.717, 1.165) is 17.3 Å². The Bertz CT molecular complexity index is 1020. The Morgan fingerprint density at radius 2 is 1.93 bits per heavy atom. The molecule has 0 saturated heterocycles. The number of carbonyl (C=O) groups excluding carboxylic acids is 1. The Hall–Kier alpha value is -2.68. The Morgan fingerprint density at radius 1 is 1.20 bits per heavy atom. The maximum absolute atomic E-state index is 13.0. The second kappa shape index (κ2) is 8.59. The van der Waals surface area contributed by atoms with Crippen LogP contribution < -0.4 is 5.32 Å². The molecular weight excluding hydrogens is 415 g/mol. The lowest BCUT2D eigenvalue weighted by Crippen LogP contribution is -2.36. The number of thioether (sulfide) groups is 1. The van der Waals surface area contributed by atoms with Gasteiger partial charge in [-0.25, -0.2) is 4.98 Å². The molecule has 160 valence electrons. The quantitative estimate of drug-likeness (QED) is 0.527. The van der Waals surface area contributed by atoms with Gasteiger partial charge in [-0.3, -0.25) is 4.79 Å². The molecule has 30 heavy (non-hydrogen) atoms. The topological polar surface area (TPSA) is 60.1 Å². The first kappa shape index (κ1) is 22.0. The summed E-state index contributed by atoms with van der Waals surface area (Å²) in [4.78, 5) is 16.7. The molecule has 0 radical (unpaired) electrons. The van der Waals surface area contributed by atoms with E-state index in [2.05, 4.69) is 10.3 Å². The molecule has 0 unspecified atom stereocenters. The average Bonchev–Trinajstić information content (AvgIpc) is 3.33. The van der Waals surface area contributed by atoms with Crippen molar-refractivity contribution in [3.05, 3.63) is 71.4 Å². The molecular formula is C21H22F3N3O2S. The minimum Gasteiger partial charge on any atom is -0.455 e. The molecule has 2 aromatic heterocycles. The van der Waals surface area contributed by atoms with Crippen molar-refractivity contribution >= 4 is 17.7 Å². The molecule has 5 nitrogen and oxygen atoms in total. The summed E-state index contributed by atoms with van der Waals surface area (Å²) in [5.41, 5.74) is -0.912.